The number of halogens is 3. The molecule has 149 valence electrons. The molecule has 0 spiro atoms. The molecule has 1 N–H and O–H groups in total. The van der Waals surface area contributed by atoms with Crippen LogP contribution in [0.1, 0.15) is 43.4 Å². The first kappa shape index (κ1) is 21.9. The van der Waals surface area contributed by atoms with Crippen molar-refractivity contribution in [2.45, 2.75) is 50.2 Å². The van der Waals surface area contributed by atoms with Crippen LogP contribution in [0.4, 0.5) is 0 Å². The van der Waals surface area contributed by atoms with Crippen molar-refractivity contribution in [3.8, 4) is 0 Å². The quantitative estimate of drug-likeness (QED) is 0.367. The van der Waals surface area contributed by atoms with Gasteiger partial charge in [0.05, 0.1) is 0 Å². The van der Waals surface area contributed by atoms with E-state index in [2.05, 4.69) is 95.5 Å². The molecule has 1 aliphatic carbocycles. The second-order valence-electron chi connectivity index (χ2n) is 9.15. The number of hydrogen-bond acceptors (Lipinski definition) is 2. The van der Waals surface area contributed by atoms with E-state index in [-0.39, 0.29) is 11.5 Å². The molecule has 0 saturated heterocycles. The fraction of sp³-hybridized carbons (Fsp3) is 0.333. The summed E-state index contributed by atoms with van der Waals surface area (Å²) in [6, 6.07) is 15.4. The normalized spacial score (nSPS) is 20.0. The molecular formula is C21H25BrCl2NSSiZr. The van der Waals surface area contributed by atoms with E-state index in [4.69, 9.17) is 17.0 Å². The summed E-state index contributed by atoms with van der Waals surface area (Å²) >= 11 is 1.08. The summed E-state index contributed by atoms with van der Waals surface area (Å²) in [6.07, 6.45) is 0. The fourth-order valence-electron chi connectivity index (χ4n) is 4.42. The van der Waals surface area contributed by atoms with Crippen LogP contribution in [0.15, 0.2) is 56.7 Å². The van der Waals surface area contributed by atoms with Crippen molar-refractivity contribution >= 4 is 53.9 Å². The maximum atomic E-state index is 7.75. The Morgan fingerprint density at radius 2 is 1.75 bits per heavy atom. The van der Waals surface area contributed by atoms with Gasteiger partial charge >= 0.3 is 192 Å². The van der Waals surface area contributed by atoms with Crippen LogP contribution in [0.25, 0.3) is 3.28 Å². The van der Waals surface area contributed by atoms with Crippen molar-refractivity contribution in [1.82, 2.24) is 3.26 Å². The molecule has 2 aliphatic rings. The third kappa shape index (κ3) is 3.42. The van der Waals surface area contributed by atoms with Crippen LogP contribution in [0.2, 0.25) is 13.1 Å². The molecule has 2 aromatic rings. The minimum atomic E-state index is -4.49. The van der Waals surface area contributed by atoms with Crippen molar-refractivity contribution in [3.05, 3.63) is 68.5 Å². The van der Waals surface area contributed by atoms with E-state index in [0.29, 0.717) is 0 Å². The van der Waals surface area contributed by atoms with E-state index in [1.165, 1.54) is 29.8 Å². The molecule has 0 saturated carbocycles. The van der Waals surface area contributed by atoms with Gasteiger partial charge in [0.2, 0.25) is 0 Å². The van der Waals surface area contributed by atoms with Crippen molar-refractivity contribution in [2.75, 3.05) is 0 Å². The topological polar surface area (TPSA) is 12.0 Å². The summed E-state index contributed by atoms with van der Waals surface area (Å²) in [6.45, 7) is 11.2. The summed E-state index contributed by atoms with van der Waals surface area (Å²) < 4.78 is 6.21. The van der Waals surface area contributed by atoms with Gasteiger partial charge in [0.1, 0.15) is 0 Å². The van der Waals surface area contributed by atoms with Crippen molar-refractivity contribution in [3.63, 3.8) is 0 Å². The van der Waals surface area contributed by atoms with Gasteiger partial charge in [0.25, 0.3) is 0 Å². The van der Waals surface area contributed by atoms with E-state index < -0.39 is 21.8 Å². The van der Waals surface area contributed by atoms with E-state index in [1.807, 2.05) is 11.8 Å². The van der Waals surface area contributed by atoms with Crippen LogP contribution in [0.3, 0.4) is 0 Å². The molecule has 0 radical (unpaired) electrons. The second kappa shape index (κ2) is 7.08. The van der Waals surface area contributed by atoms with Crippen molar-refractivity contribution < 1.29 is 15.8 Å². The zero-order chi connectivity index (χ0) is 20.5. The van der Waals surface area contributed by atoms with Crippen molar-refractivity contribution in [2.24, 2.45) is 0 Å². The standard InChI is InChI=1S/C15H8BrS.C4H10N.C2H7Si.2ClH.Zr/c16-10-5-6-11-9(7-10)8-14-15(11)12-3-1-2-4-13(12)17-14;1-4(2,3)5;1-3-2;;;/h1-7,15H;5H,1-3H3;3H,1-2H3;2*1H;/q;-1;;;;+3/p-2. The van der Waals surface area contributed by atoms with Crippen LogP contribution in [0.5, 0.6) is 0 Å². The van der Waals surface area contributed by atoms with Gasteiger partial charge in [-0.05, 0) is 0 Å². The number of thioether (sulfide) groups is 1. The third-order valence-electron chi connectivity index (χ3n) is 5.63. The van der Waals surface area contributed by atoms with Crippen molar-refractivity contribution in [1.29, 1.82) is 0 Å². The van der Waals surface area contributed by atoms with Gasteiger partial charge in [-0.2, -0.15) is 0 Å². The number of allylic oxidation sites excluding steroid dienone is 1. The second-order valence-corrected chi connectivity index (χ2v) is 50.7. The SMILES string of the molecule is C[SiH](C)[Zr]([Cl])([Cl])([NH]C(C)(C)C)[C]1=C2Sc3ccccc3C2c2ccc(Br)cc21. The molecular weight excluding hydrogens is 568 g/mol. The molecule has 2 aromatic carbocycles. The molecule has 1 atom stereocenters. The third-order valence-corrected chi connectivity index (χ3v) is 52.8. The minimum absolute atomic E-state index is 0.139. The Morgan fingerprint density at radius 3 is 2.39 bits per heavy atom. The van der Waals surface area contributed by atoms with Crippen LogP contribution in [0, 0.1) is 0 Å². The number of rotatable bonds is 3. The first-order valence-electron chi connectivity index (χ1n) is 9.60. The zero-order valence-corrected chi connectivity index (χ0v) is 24.3. The molecule has 1 heterocycles. The van der Waals surface area contributed by atoms with Crippen LogP contribution < -0.4 is 3.26 Å². The van der Waals surface area contributed by atoms with Crippen LogP contribution >= 0.6 is 44.7 Å². The summed E-state index contributed by atoms with van der Waals surface area (Å²) in [4.78, 5) is 2.70. The summed E-state index contributed by atoms with van der Waals surface area (Å²) in [7, 11) is 15.5. The molecule has 0 amide bonds. The number of hydrogen-bond donors (Lipinski definition) is 1. The Kier molecular flexibility index (Phi) is 5.53. The maximum absolute atomic E-state index is 7.75. The molecule has 7 heteroatoms. The molecule has 1 nitrogen and oxygen atoms in total. The Balaban J connectivity index is 2.05. The predicted octanol–water partition coefficient (Wildman–Crippen LogP) is 7.65. The fourth-order valence-corrected chi connectivity index (χ4v) is 33.3. The van der Waals surface area contributed by atoms with E-state index in [9.17, 15) is 0 Å². The van der Waals surface area contributed by atoms with Gasteiger partial charge in [-0.3, -0.25) is 0 Å². The number of fused-ring (bicyclic) bond motifs is 5. The molecule has 1 unspecified atom stereocenters. The molecule has 0 fully saturated rings. The summed E-state index contributed by atoms with van der Waals surface area (Å²) in [5.41, 5.74) is 3.84. The molecule has 0 bridgehead atoms. The first-order valence-corrected chi connectivity index (χ1v) is 27.1. The van der Waals surface area contributed by atoms with Crippen LogP contribution in [-0.4, -0.2) is 11.5 Å². The average Bonchev–Trinajstić information content (AvgIpc) is 3.06. The molecule has 28 heavy (non-hydrogen) atoms. The van der Waals surface area contributed by atoms with Crippen LogP contribution in [-0.2, 0) is 15.8 Å². The summed E-state index contributed by atoms with van der Waals surface area (Å²) in [5, 5.41) is 0. The first-order chi connectivity index (χ1) is 12.9. The number of benzene rings is 2. The van der Waals surface area contributed by atoms with Gasteiger partial charge in [0.15, 0.2) is 0 Å². The zero-order valence-electron chi connectivity index (χ0n) is 16.7. The molecule has 0 aromatic heterocycles. The average molecular weight is 594 g/mol. The monoisotopic (exact) mass is 590 g/mol. The van der Waals surface area contributed by atoms with Gasteiger partial charge < -0.3 is 0 Å². The summed E-state index contributed by atoms with van der Waals surface area (Å²) in [5.74, 6) is -1.19. The van der Waals surface area contributed by atoms with E-state index in [1.54, 1.807) is 0 Å². The van der Waals surface area contributed by atoms with Gasteiger partial charge in [-0.25, -0.2) is 0 Å². The molecule has 1 aliphatic heterocycles. The van der Waals surface area contributed by atoms with Gasteiger partial charge in [-0.15, -0.1) is 0 Å². The Labute approximate surface area is 190 Å². The Hall–Kier alpha value is 0.650. The van der Waals surface area contributed by atoms with E-state index >= 15 is 0 Å². The van der Waals surface area contributed by atoms with Gasteiger partial charge in [-0.1, -0.05) is 0 Å². The Morgan fingerprint density at radius 1 is 1.07 bits per heavy atom. The predicted molar refractivity (Wildman–Crippen MR) is 129 cm³/mol. The molecule has 4 rings (SSSR count). The van der Waals surface area contributed by atoms with Gasteiger partial charge in [0, 0.05) is 0 Å². The number of nitrogens with one attached hydrogen (secondary N) is 1. The Bertz CT molecular complexity index is 1020. The van der Waals surface area contributed by atoms with E-state index in [0.717, 1.165) is 4.47 Å².